The average molecular weight is 594 g/mol. The van der Waals surface area contributed by atoms with Crippen molar-refractivity contribution in [1.82, 2.24) is 16.0 Å². The normalized spacial score (nSPS) is 15.0. The van der Waals surface area contributed by atoms with E-state index in [1.807, 2.05) is 36.4 Å². The molecule has 1 saturated carbocycles. The first-order valence-electron chi connectivity index (χ1n) is 16.0. The minimum atomic E-state index is -1.15. The van der Waals surface area contributed by atoms with Crippen LogP contribution < -0.4 is 27.4 Å². The Hall–Kier alpha value is -3.27. The number of aliphatic hydroxyl groups is 1. The summed E-state index contributed by atoms with van der Waals surface area (Å²) < 4.78 is 0. The molecule has 2 aromatic carbocycles. The van der Waals surface area contributed by atoms with Crippen LogP contribution in [-0.2, 0) is 40.2 Å². The summed E-state index contributed by atoms with van der Waals surface area (Å²) in [4.78, 5) is 38.7. The number of benzene rings is 2. The van der Waals surface area contributed by atoms with E-state index >= 15 is 0 Å². The van der Waals surface area contributed by atoms with E-state index in [0.717, 1.165) is 42.4 Å². The molecule has 236 valence electrons. The van der Waals surface area contributed by atoms with Crippen LogP contribution in [0.25, 0.3) is 0 Å². The summed E-state index contributed by atoms with van der Waals surface area (Å²) in [5.74, 6) is -0.550. The average Bonchev–Trinajstić information content (AvgIpc) is 3.03. The van der Waals surface area contributed by atoms with Gasteiger partial charge in [-0.05, 0) is 73.2 Å². The van der Waals surface area contributed by atoms with Crippen LogP contribution in [0.1, 0.15) is 80.0 Å². The highest BCUT2D eigenvalue weighted by molar-refractivity contribution is 5.92. The molecule has 8 N–H and O–H groups in total. The largest absolute Gasteiger partial charge is 0.394 e. The number of aliphatic hydroxyl groups excluding tert-OH is 1. The van der Waals surface area contributed by atoms with Crippen molar-refractivity contribution < 1.29 is 19.5 Å². The molecular weight excluding hydrogens is 542 g/mol. The van der Waals surface area contributed by atoms with Crippen LogP contribution in [-0.4, -0.2) is 54.6 Å². The Bertz CT molecular complexity index is 1120. The van der Waals surface area contributed by atoms with Gasteiger partial charge in [0.2, 0.25) is 17.7 Å². The van der Waals surface area contributed by atoms with Crippen LogP contribution in [0.5, 0.6) is 0 Å². The second kappa shape index (κ2) is 19.1. The fraction of sp³-hybridized carbons (Fsp3) is 0.559. The van der Waals surface area contributed by atoms with Gasteiger partial charge < -0.3 is 32.5 Å². The second-order valence-corrected chi connectivity index (χ2v) is 11.7. The standard InChI is InChI=1S/C34H51N5O4/c35-20-5-4-8-30(33(42)37-21-19-25-6-2-1-3-7-25)39-34(43)31(24-40)38-32(41)22-28-15-11-26(12-16-28)9-10-27-13-17-29(23-36)18-14-27/h11-18,25,30-31,40H,1-10,19-24,35-36H2,(H,37,42)(H,38,41)(H,39,43)/t30-,31-/m0/s1. The Kier molecular flexibility index (Phi) is 15.2. The smallest absolute Gasteiger partial charge is 0.245 e. The molecule has 9 nitrogen and oxygen atoms in total. The van der Waals surface area contributed by atoms with E-state index in [-0.39, 0.29) is 18.2 Å². The van der Waals surface area contributed by atoms with Gasteiger partial charge in [-0.15, -0.1) is 0 Å². The third-order valence-electron chi connectivity index (χ3n) is 8.34. The highest BCUT2D eigenvalue weighted by atomic mass is 16.3. The van der Waals surface area contributed by atoms with E-state index in [2.05, 4.69) is 28.1 Å². The third kappa shape index (κ3) is 12.5. The van der Waals surface area contributed by atoms with Crippen molar-refractivity contribution in [1.29, 1.82) is 0 Å². The fourth-order valence-corrected chi connectivity index (χ4v) is 5.61. The molecule has 1 aliphatic rings. The van der Waals surface area contributed by atoms with Gasteiger partial charge >= 0.3 is 0 Å². The molecule has 2 aromatic rings. The summed E-state index contributed by atoms with van der Waals surface area (Å²) in [5, 5.41) is 18.2. The molecule has 1 fully saturated rings. The van der Waals surface area contributed by atoms with Crippen LogP contribution >= 0.6 is 0 Å². The molecular formula is C34H51N5O4. The van der Waals surface area contributed by atoms with Crippen molar-refractivity contribution in [2.24, 2.45) is 17.4 Å². The summed E-state index contributed by atoms with van der Waals surface area (Å²) >= 11 is 0. The van der Waals surface area contributed by atoms with E-state index in [9.17, 15) is 19.5 Å². The maximum Gasteiger partial charge on any atom is 0.245 e. The molecule has 9 heteroatoms. The lowest BCUT2D eigenvalue weighted by Crippen LogP contribution is -2.55. The van der Waals surface area contributed by atoms with Gasteiger partial charge in [0.15, 0.2) is 0 Å². The lowest BCUT2D eigenvalue weighted by atomic mass is 9.87. The minimum absolute atomic E-state index is 0.0756. The predicted molar refractivity (Wildman–Crippen MR) is 170 cm³/mol. The van der Waals surface area contributed by atoms with Gasteiger partial charge in [-0.1, -0.05) is 80.6 Å². The van der Waals surface area contributed by atoms with Gasteiger partial charge in [0.1, 0.15) is 12.1 Å². The van der Waals surface area contributed by atoms with Gasteiger partial charge in [0.25, 0.3) is 0 Å². The van der Waals surface area contributed by atoms with Crippen molar-refractivity contribution >= 4 is 17.7 Å². The molecule has 0 heterocycles. The van der Waals surface area contributed by atoms with Crippen LogP contribution in [0.2, 0.25) is 0 Å². The zero-order valence-electron chi connectivity index (χ0n) is 25.5. The van der Waals surface area contributed by atoms with E-state index in [1.54, 1.807) is 0 Å². The highest BCUT2D eigenvalue weighted by Crippen LogP contribution is 2.25. The zero-order valence-corrected chi connectivity index (χ0v) is 25.5. The summed E-state index contributed by atoms with van der Waals surface area (Å²) in [6.07, 6.45) is 10.9. The van der Waals surface area contributed by atoms with Crippen molar-refractivity contribution in [3.8, 4) is 0 Å². The number of unbranched alkanes of at least 4 members (excludes halogenated alkanes) is 1. The summed E-state index contributed by atoms with van der Waals surface area (Å²) in [5.41, 5.74) is 15.6. The summed E-state index contributed by atoms with van der Waals surface area (Å²) in [6, 6.07) is 14.2. The number of nitrogens with two attached hydrogens (primary N) is 2. The van der Waals surface area contributed by atoms with E-state index in [4.69, 9.17) is 11.5 Å². The zero-order chi connectivity index (χ0) is 30.9. The van der Waals surface area contributed by atoms with Crippen LogP contribution in [0.4, 0.5) is 0 Å². The van der Waals surface area contributed by atoms with Gasteiger partial charge in [0.05, 0.1) is 13.0 Å². The van der Waals surface area contributed by atoms with Gasteiger partial charge in [-0.2, -0.15) is 0 Å². The molecule has 0 aromatic heterocycles. The molecule has 2 atom stereocenters. The number of rotatable bonds is 18. The number of aryl methyl sites for hydroxylation is 2. The molecule has 1 aliphatic carbocycles. The Balaban J connectivity index is 1.46. The molecule has 3 amide bonds. The fourth-order valence-electron chi connectivity index (χ4n) is 5.61. The van der Waals surface area contributed by atoms with Crippen molar-refractivity contribution in [2.45, 2.75) is 95.7 Å². The number of nitrogens with one attached hydrogen (secondary N) is 3. The number of carbonyl (C=O) groups is 3. The Morgan fingerprint density at radius 1 is 0.767 bits per heavy atom. The topological polar surface area (TPSA) is 160 Å². The molecule has 3 rings (SSSR count). The van der Waals surface area contributed by atoms with Gasteiger partial charge in [0, 0.05) is 13.1 Å². The Morgan fingerprint density at radius 2 is 1.37 bits per heavy atom. The molecule has 43 heavy (non-hydrogen) atoms. The number of hydrogen-bond donors (Lipinski definition) is 6. The quantitative estimate of drug-likeness (QED) is 0.146. The van der Waals surface area contributed by atoms with E-state index < -0.39 is 24.6 Å². The first kappa shape index (κ1) is 34.2. The third-order valence-corrected chi connectivity index (χ3v) is 8.34. The highest BCUT2D eigenvalue weighted by Gasteiger charge is 2.26. The lowest BCUT2D eigenvalue weighted by molar-refractivity contribution is -0.133. The minimum Gasteiger partial charge on any atom is -0.394 e. The number of amides is 3. The van der Waals surface area contributed by atoms with Crippen LogP contribution in [0.3, 0.4) is 0 Å². The van der Waals surface area contributed by atoms with Crippen molar-refractivity contribution in [3.63, 3.8) is 0 Å². The molecule has 0 bridgehead atoms. The summed E-state index contributed by atoms with van der Waals surface area (Å²) in [7, 11) is 0. The summed E-state index contributed by atoms with van der Waals surface area (Å²) in [6.45, 7) is 1.05. The first-order chi connectivity index (χ1) is 20.9. The Morgan fingerprint density at radius 3 is 1.95 bits per heavy atom. The number of carbonyl (C=O) groups excluding carboxylic acids is 3. The van der Waals surface area contributed by atoms with Crippen molar-refractivity contribution in [3.05, 3.63) is 70.8 Å². The maximum atomic E-state index is 13.0. The van der Waals surface area contributed by atoms with E-state index in [0.29, 0.717) is 38.4 Å². The SMILES string of the molecule is NCCCC[C@H](NC(=O)[C@H](CO)NC(=O)Cc1ccc(CCc2ccc(CN)cc2)cc1)C(=O)NCCC1CCCCC1. The number of hydrogen-bond acceptors (Lipinski definition) is 6. The second-order valence-electron chi connectivity index (χ2n) is 11.7. The first-order valence-corrected chi connectivity index (χ1v) is 16.0. The lowest BCUT2D eigenvalue weighted by Gasteiger charge is -2.24. The van der Waals surface area contributed by atoms with Gasteiger partial charge in [-0.25, -0.2) is 0 Å². The van der Waals surface area contributed by atoms with Crippen molar-refractivity contribution in [2.75, 3.05) is 19.7 Å². The van der Waals surface area contributed by atoms with Crippen LogP contribution in [0, 0.1) is 5.92 Å². The Labute approximate surface area is 256 Å². The molecule has 0 saturated heterocycles. The molecule has 0 spiro atoms. The monoisotopic (exact) mass is 593 g/mol. The van der Waals surface area contributed by atoms with Gasteiger partial charge in [-0.3, -0.25) is 14.4 Å². The molecule has 0 unspecified atom stereocenters. The van der Waals surface area contributed by atoms with Crippen LogP contribution in [0.15, 0.2) is 48.5 Å². The van der Waals surface area contributed by atoms with E-state index in [1.165, 1.54) is 37.7 Å². The maximum absolute atomic E-state index is 13.0. The molecule has 0 radical (unpaired) electrons. The predicted octanol–water partition coefficient (Wildman–Crippen LogP) is 2.65. The molecule has 0 aliphatic heterocycles.